The van der Waals surface area contributed by atoms with Gasteiger partial charge >= 0.3 is 0 Å². The third kappa shape index (κ3) is 2.71. The van der Waals surface area contributed by atoms with Gasteiger partial charge in [0.15, 0.2) is 11.5 Å². The Hall–Kier alpha value is -1.79. The van der Waals surface area contributed by atoms with Crippen molar-refractivity contribution in [1.82, 2.24) is 20.4 Å². The van der Waals surface area contributed by atoms with Crippen LogP contribution >= 0.6 is 12.4 Å². The highest BCUT2D eigenvalue weighted by Crippen LogP contribution is 2.19. The molecule has 1 amide bonds. The number of carbonyl (C=O) groups excluding carboxylic acids is 1. The van der Waals surface area contributed by atoms with E-state index in [9.17, 15) is 4.79 Å². The number of aromatic nitrogens is 2. The number of nitrogens with one attached hydrogen (secondary N) is 2. The number of carbonyl (C=O) groups is 1. The number of halogens is 1. The topological polar surface area (TPSA) is 74.2 Å². The highest BCUT2D eigenvalue weighted by Gasteiger charge is 2.25. The SMILES string of the molecule is C[C@H]1CNCCN1C(=O)c1cc(-c2ccco2)[nH]n1.Cl. The second kappa shape index (κ2) is 6.11. The van der Waals surface area contributed by atoms with Gasteiger partial charge in [0.1, 0.15) is 5.69 Å². The zero-order chi connectivity index (χ0) is 13.2. The number of aromatic amines is 1. The van der Waals surface area contributed by atoms with Gasteiger partial charge in [0.2, 0.25) is 0 Å². The summed E-state index contributed by atoms with van der Waals surface area (Å²) in [7, 11) is 0. The minimum Gasteiger partial charge on any atom is -0.463 e. The first-order valence-corrected chi connectivity index (χ1v) is 6.36. The minimum absolute atomic E-state index is 0. The second-order valence-corrected chi connectivity index (χ2v) is 4.70. The molecule has 3 rings (SSSR count). The summed E-state index contributed by atoms with van der Waals surface area (Å²) in [5.74, 6) is 0.642. The molecular formula is C13H17ClN4O2. The van der Waals surface area contributed by atoms with Gasteiger partial charge in [0, 0.05) is 31.7 Å². The lowest BCUT2D eigenvalue weighted by Gasteiger charge is -2.33. The molecule has 0 saturated carbocycles. The van der Waals surface area contributed by atoms with Crippen molar-refractivity contribution in [3.63, 3.8) is 0 Å². The van der Waals surface area contributed by atoms with Crippen LogP contribution in [0.5, 0.6) is 0 Å². The zero-order valence-corrected chi connectivity index (χ0v) is 11.9. The van der Waals surface area contributed by atoms with Crippen molar-refractivity contribution in [2.24, 2.45) is 0 Å². The summed E-state index contributed by atoms with van der Waals surface area (Å²) >= 11 is 0. The molecule has 2 N–H and O–H groups in total. The molecule has 0 aliphatic carbocycles. The molecule has 6 nitrogen and oxygen atoms in total. The fourth-order valence-electron chi connectivity index (χ4n) is 2.28. The number of piperazine rings is 1. The molecule has 1 atom stereocenters. The molecule has 2 aromatic heterocycles. The second-order valence-electron chi connectivity index (χ2n) is 4.70. The van der Waals surface area contributed by atoms with Crippen LogP contribution in [0.15, 0.2) is 28.9 Å². The van der Waals surface area contributed by atoms with Gasteiger partial charge < -0.3 is 14.6 Å². The third-order valence-electron chi connectivity index (χ3n) is 3.35. The van der Waals surface area contributed by atoms with Crippen molar-refractivity contribution in [2.45, 2.75) is 13.0 Å². The number of hydrogen-bond acceptors (Lipinski definition) is 4. The van der Waals surface area contributed by atoms with Crippen molar-refractivity contribution in [3.8, 4) is 11.5 Å². The van der Waals surface area contributed by atoms with Crippen LogP contribution in [0.3, 0.4) is 0 Å². The van der Waals surface area contributed by atoms with Gasteiger partial charge in [0.25, 0.3) is 5.91 Å². The van der Waals surface area contributed by atoms with Crippen LogP contribution in [-0.2, 0) is 0 Å². The predicted octanol–water partition coefficient (Wildman–Crippen LogP) is 1.53. The number of nitrogens with zero attached hydrogens (tertiary/aromatic N) is 2. The maximum Gasteiger partial charge on any atom is 0.274 e. The lowest BCUT2D eigenvalue weighted by Crippen LogP contribution is -2.52. The normalized spacial score (nSPS) is 18.6. The lowest BCUT2D eigenvalue weighted by atomic mass is 10.2. The van der Waals surface area contributed by atoms with Crippen molar-refractivity contribution in [1.29, 1.82) is 0 Å². The fourth-order valence-corrected chi connectivity index (χ4v) is 2.28. The van der Waals surface area contributed by atoms with E-state index in [-0.39, 0.29) is 24.4 Å². The van der Waals surface area contributed by atoms with Crippen molar-refractivity contribution < 1.29 is 9.21 Å². The molecule has 1 aliphatic heterocycles. The van der Waals surface area contributed by atoms with E-state index in [4.69, 9.17) is 4.42 Å². The monoisotopic (exact) mass is 296 g/mol. The molecule has 0 unspecified atom stereocenters. The summed E-state index contributed by atoms with van der Waals surface area (Å²) in [5, 5.41) is 10.2. The van der Waals surface area contributed by atoms with E-state index < -0.39 is 0 Å². The molecule has 1 aliphatic rings. The summed E-state index contributed by atoms with van der Waals surface area (Å²) in [6.45, 7) is 4.39. The van der Waals surface area contributed by atoms with E-state index in [0.29, 0.717) is 18.0 Å². The number of furan rings is 1. The van der Waals surface area contributed by atoms with Crippen molar-refractivity contribution >= 4 is 18.3 Å². The fraction of sp³-hybridized carbons (Fsp3) is 0.385. The molecule has 0 radical (unpaired) electrons. The molecule has 7 heteroatoms. The average molecular weight is 297 g/mol. The standard InChI is InChI=1S/C13H16N4O2.ClH/c1-9-8-14-4-5-17(9)13(18)11-7-10(15-16-11)12-3-2-6-19-12;/h2-3,6-7,9,14H,4-5,8H2,1H3,(H,15,16);1H/t9-;/m0./s1. The molecule has 0 spiro atoms. The molecule has 108 valence electrons. The van der Waals surface area contributed by atoms with E-state index in [2.05, 4.69) is 15.5 Å². The Kier molecular flexibility index (Phi) is 4.46. The van der Waals surface area contributed by atoms with Gasteiger partial charge in [-0.1, -0.05) is 0 Å². The van der Waals surface area contributed by atoms with Crippen LogP contribution in [0.1, 0.15) is 17.4 Å². The van der Waals surface area contributed by atoms with E-state index in [1.54, 1.807) is 18.4 Å². The van der Waals surface area contributed by atoms with Gasteiger partial charge in [0.05, 0.1) is 6.26 Å². The molecule has 3 heterocycles. The smallest absolute Gasteiger partial charge is 0.274 e. The van der Waals surface area contributed by atoms with Crippen LogP contribution in [0.25, 0.3) is 11.5 Å². The number of rotatable bonds is 2. The molecule has 0 bridgehead atoms. The van der Waals surface area contributed by atoms with Gasteiger partial charge in [-0.2, -0.15) is 5.10 Å². The molecule has 2 aromatic rings. The first-order chi connectivity index (χ1) is 9.25. The van der Waals surface area contributed by atoms with Gasteiger partial charge in [-0.15, -0.1) is 12.4 Å². The quantitative estimate of drug-likeness (QED) is 0.881. The van der Waals surface area contributed by atoms with Crippen LogP contribution in [-0.4, -0.2) is 46.7 Å². The maximum absolute atomic E-state index is 12.4. The molecular weight excluding hydrogens is 280 g/mol. The Balaban J connectivity index is 0.00000147. The van der Waals surface area contributed by atoms with Gasteiger partial charge in [-0.05, 0) is 19.1 Å². The van der Waals surface area contributed by atoms with Crippen LogP contribution in [0, 0.1) is 0 Å². The maximum atomic E-state index is 12.4. The largest absolute Gasteiger partial charge is 0.463 e. The lowest BCUT2D eigenvalue weighted by molar-refractivity contribution is 0.0649. The van der Waals surface area contributed by atoms with Crippen molar-refractivity contribution in [2.75, 3.05) is 19.6 Å². The highest BCUT2D eigenvalue weighted by atomic mass is 35.5. The number of hydrogen-bond donors (Lipinski definition) is 2. The molecule has 0 aromatic carbocycles. The summed E-state index contributed by atoms with van der Waals surface area (Å²) in [6.07, 6.45) is 1.59. The van der Waals surface area contributed by atoms with E-state index in [1.807, 2.05) is 17.9 Å². The van der Waals surface area contributed by atoms with Crippen LogP contribution in [0.2, 0.25) is 0 Å². The zero-order valence-electron chi connectivity index (χ0n) is 11.1. The first-order valence-electron chi connectivity index (χ1n) is 6.36. The van der Waals surface area contributed by atoms with Crippen LogP contribution < -0.4 is 5.32 Å². The number of amides is 1. The van der Waals surface area contributed by atoms with E-state index in [1.165, 1.54) is 0 Å². The summed E-state index contributed by atoms with van der Waals surface area (Å²) < 4.78 is 5.27. The summed E-state index contributed by atoms with van der Waals surface area (Å²) in [4.78, 5) is 14.2. The first kappa shape index (κ1) is 14.6. The Morgan fingerprint density at radius 3 is 3.10 bits per heavy atom. The Bertz CT molecular complexity index is 567. The van der Waals surface area contributed by atoms with Crippen LogP contribution in [0.4, 0.5) is 0 Å². The molecule has 1 saturated heterocycles. The van der Waals surface area contributed by atoms with E-state index in [0.717, 1.165) is 18.8 Å². The van der Waals surface area contributed by atoms with Gasteiger partial charge in [-0.3, -0.25) is 9.89 Å². The average Bonchev–Trinajstić information content (AvgIpc) is 3.09. The Morgan fingerprint density at radius 1 is 1.55 bits per heavy atom. The Morgan fingerprint density at radius 2 is 2.40 bits per heavy atom. The predicted molar refractivity (Wildman–Crippen MR) is 76.9 cm³/mol. The molecule has 20 heavy (non-hydrogen) atoms. The summed E-state index contributed by atoms with van der Waals surface area (Å²) in [5.41, 5.74) is 1.15. The van der Waals surface area contributed by atoms with E-state index >= 15 is 0 Å². The minimum atomic E-state index is -0.0388. The summed E-state index contributed by atoms with van der Waals surface area (Å²) in [6, 6.07) is 5.55. The number of H-pyrrole nitrogens is 1. The third-order valence-corrected chi connectivity index (χ3v) is 3.35. The van der Waals surface area contributed by atoms with Gasteiger partial charge in [-0.25, -0.2) is 0 Å². The van der Waals surface area contributed by atoms with Crippen molar-refractivity contribution in [3.05, 3.63) is 30.2 Å². The highest BCUT2D eigenvalue weighted by molar-refractivity contribution is 5.93. The Labute approximate surface area is 122 Å². The molecule has 1 fully saturated rings.